The van der Waals surface area contributed by atoms with Crippen molar-refractivity contribution < 1.29 is 4.39 Å². The number of aryl methyl sites for hydroxylation is 1. The fourth-order valence-electron chi connectivity index (χ4n) is 1.51. The molecule has 2 rings (SSSR count). The van der Waals surface area contributed by atoms with Crippen LogP contribution in [0.4, 0.5) is 4.39 Å². The van der Waals surface area contributed by atoms with E-state index in [1.165, 1.54) is 35.7 Å². The Labute approximate surface area is 119 Å². The van der Waals surface area contributed by atoms with Crippen molar-refractivity contribution in [1.29, 1.82) is 0 Å². The lowest BCUT2D eigenvalue weighted by atomic mass is 10.2. The monoisotopic (exact) mass is 296 g/mol. The summed E-state index contributed by atoms with van der Waals surface area (Å²) >= 11 is 2.85. The van der Waals surface area contributed by atoms with Gasteiger partial charge in [0.15, 0.2) is 5.16 Å². The van der Waals surface area contributed by atoms with Gasteiger partial charge in [-0.25, -0.2) is 4.39 Å². The number of thioether (sulfide) groups is 2. The SMILES string of the molecule is CSc1cn(C)c(SCc2ccc(F)cc2)nc1=O. The van der Waals surface area contributed by atoms with Gasteiger partial charge in [0.2, 0.25) is 0 Å². The first-order valence-corrected chi connectivity index (χ1v) is 7.80. The Hall–Kier alpha value is -1.27. The molecule has 0 unspecified atom stereocenters. The van der Waals surface area contributed by atoms with E-state index >= 15 is 0 Å². The summed E-state index contributed by atoms with van der Waals surface area (Å²) in [6.07, 6.45) is 3.64. The van der Waals surface area contributed by atoms with Crippen molar-refractivity contribution in [2.45, 2.75) is 15.8 Å². The molecular formula is C13H13FN2OS2. The molecule has 1 aromatic carbocycles. The van der Waals surface area contributed by atoms with E-state index in [-0.39, 0.29) is 11.4 Å². The molecule has 19 heavy (non-hydrogen) atoms. The predicted molar refractivity (Wildman–Crippen MR) is 77.2 cm³/mol. The second kappa shape index (κ2) is 6.25. The van der Waals surface area contributed by atoms with Crippen molar-refractivity contribution >= 4 is 23.5 Å². The van der Waals surface area contributed by atoms with Crippen molar-refractivity contribution in [3.05, 3.63) is 52.2 Å². The third kappa shape index (κ3) is 3.61. The fourth-order valence-corrected chi connectivity index (χ4v) is 2.89. The summed E-state index contributed by atoms with van der Waals surface area (Å²) in [5.41, 5.74) is 0.793. The number of halogens is 1. The lowest BCUT2D eigenvalue weighted by Gasteiger charge is -2.08. The summed E-state index contributed by atoms with van der Waals surface area (Å²) in [5, 5.41) is 0.659. The van der Waals surface area contributed by atoms with Gasteiger partial charge in [0, 0.05) is 19.0 Å². The maximum atomic E-state index is 12.8. The highest BCUT2D eigenvalue weighted by Gasteiger charge is 2.06. The molecular weight excluding hydrogens is 283 g/mol. The molecule has 0 atom stereocenters. The maximum Gasteiger partial charge on any atom is 0.287 e. The first-order chi connectivity index (χ1) is 9.10. The van der Waals surface area contributed by atoms with E-state index in [0.717, 1.165) is 5.56 Å². The molecule has 0 saturated heterocycles. The van der Waals surface area contributed by atoms with E-state index in [1.807, 2.05) is 17.9 Å². The Morgan fingerprint density at radius 3 is 2.63 bits per heavy atom. The van der Waals surface area contributed by atoms with Crippen LogP contribution >= 0.6 is 23.5 Å². The minimum Gasteiger partial charge on any atom is -0.329 e. The van der Waals surface area contributed by atoms with Crippen molar-refractivity contribution in [3.8, 4) is 0 Å². The summed E-state index contributed by atoms with van der Waals surface area (Å²) in [4.78, 5) is 16.4. The summed E-state index contributed by atoms with van der Waals surface area (Å²) < 4.78 is 14.6. The molecule has 0 spiro atoms. The number of nitrogens with zero attached hydrogens (tertiary/aromatic N) is 2. The molecule has 0 radical (unpaired) electrons. The van der Waals surface area contributed by atoms with Crippen molar-refractivity contribution in [2.75, 3.05) is 6.26 Å². The van der Waals surface area contributed by atoms with Crippen LogP contribution in [0.15, 0.2) is 45.3 Å². The molecule has 1 aromatic heterocycles. The lowest BCUT2D eigenvalue weighted by Crippen LogP contribution is -2.14. The van der Waals surface area contributed by atoms with Crippen LogP contribution < -0.4 is 5.56 Å². The predicted octanol–water partition coefficient (Wildman–Crippen LogP) is 2.93. The number of rotatable bonds is 4. The first-order valence-electron chi connectivity index (χ1n) is 5.59. The van der Waals surface area contributed by atoms with Gasteiger partial charge in [-0.1, -0.05) is 23.9 Å². The maximum absolute atomic E-state index is 12.8. The second-order valence-electron chi connectivity index (χ2n) is 3.92. The molecule has 2 aromatic rings. The Morgan fingerprint density at radius 2 is 2.00 bits per heavy atom. The van der Waals surface area contributed by atoms with E-state index in [4.69, 9.17) is 0 Å². The van der Waals surface area contributed by atoms with Gasteiger partial charge in [0.05, 0.1) is 4.90 Å². The highest BCUT2D eigenvalue weighted by molar-refractivity contribution is 7.98. The van der Waals surface area contributed by atoms with Gasteiger partial charge in [-0.05, 0) is 24.0 Å². The minimum atomic E-state index is -0.247. The second-order valence-corrected chi connectivity index (χ2v) is 5.71. The smallest absolute Gasteiger partial charge is 0.287 e. The average molecular weight is 296 g/mol. The van der Waals surface area contributed by atoms with E-state index in [2.05, 4.69) is 4.98 Å². The molecule has 0 fully saturated rings. The Kier molecular flexibility index (Phi) is 4.66. The van der Waals surface area contributed by atoms with Crippen molar-refractivity contribution in [2.24, 2.45) is 7.05 Å². The molecule has 0 aliphatic carbocycles. The summed E-state index contributed by atoms with van der Waals surface area (Å²) in [7, 11) is 1.86. The standard InChI is InChI=1S/C13H13FN2OS2/c1-16-7-11(18-2)12(17)15-13(16)19-8-9-3-5-10(14)6-4-9/h3-7H,8H2,1-2H3. The molecule has 0 N–H and O–H groups in total. The summed E-state index contributed by atoms with van der Waals surface area (Å²) in [6.45, 7) is 0. The molecule has 0 amide bonds. The Bertz CT molecular complexity index is 626. The molecule has 0 bridgehead atoms. The van der Waals surface area contributed by atoms with Gasteiger partial charge < -0.3 is 4.57 Å². The average Bonchev–Trinajstić information content (AvgIpc) is 2.41. The summed E-state index contributed by atoms with van der Waals surface area (Å²) in [5.74, 6) is 0.405. The minimum absolute atomic E-state index is 0.202. The zero-order valence-electron chi connectivity index (χ0n) is 10.6. The third-order valence-electron chi connectivity index (χ3n) is 2.52. The Morgan fingerprint density at radius 1 is 1.32 bits per heavy atom. The quantitative estimate of drug-likeness (QED) is 0.642. The molecule has 1 heterocycles. The molecule has 6 heteroatoms. The van der Waals surface area contributed by atoms with Crippen LogP contribution in [0.3, 0.4) is 0 Å². The molecule has 3 nitrogen and oxygen atoms in total. The summed E-state index contributed by atoms with van der Waals surface area (Å²) in [6, 6.07) is 6.33. The third-order valence-corrected chi connectivity index (χ3v) is 4.36. The van der Waals surface area contributed by atoms with Gasteiger partial charge in [-0.15, -0.1) is 11.8 Å². The van der Waals surface area contributed by atoms with Crippen LogP contribution in [0.2, 0.25) is 0 Å². The molecule has 0 saturated carbocycles. The zero-order valence-corrected chi connectivity index (χ0v) is 12.2. The van der Waals surface area contributed by atoms with Gasteiger partial charge in [-0.2, -0.15) is 4.98 Å². The topological polar surface area (TPSA) is 34.9 Å². The van der Waals surface area contributed by atoms with Crippen LogP contribution in [0.25, 0.3) is 0 Å². The zero-order chi connectivity index (χ0) is 13.8. The Balaban J connectivity index is 2.13. The number of hydrogen-bond donors (Lipinski definition) is 0. The van der Waals surface area contributed by atoms with Gasteiger partial charge >= 0.3 is 0 Å². The van der Waals surface area contributed by atoms with E-state index in [1.54, 1.807) is 18.3 Å². The van der Waals surface area contributed by atoms with Crippen molar-refractivity contribution in [1.82, 2.24) is 9.55 Å². The van der Waals surface area contributed by atoms with Crippen molar-refractivity contribution in [3.63, 3.8) is 0 Å². The number of hydrogen-bond acceptors (Lipinski definition) is 4. The van der Waals surface area contributed by atoms with Crippen LogP contribution in [0, 0.1) is 5.82 Å². The van der Waals surface area contributed by atoms with E-state index in [0.29, 0.717) is 15.8 Å². The molecule has 0 aliphatic heterocycles. The highest BCUT2D eigenvalue weighted by Crippen LogP contribution is 2.21. The van der Waals surface area contributed by atoms with Crippen LogP contribution in [-0.2, 0) is 12.8 Å². The van der Waals surface area contributed by atoms with Crippen LogP contribution in [-0.4, -0.2) is 15.8 Å². The fraction of sp³-hybridized carbons (Fsp3) is 0.231. The van der Waals surface area contributed by atoms with Crippen LogP contribution in [0.5, 0.6) is 0 Å². The molecule has 100 valence electrons. The van der Waals surface area contributed by atoms with Gasteiger partial charge in [0.25, 0.3) is 5.56 Å². The normalized spacial score (nSPS) is 10.7. The van der Waals surface area contributed by atoms with E-state index in [9.17, 15) is 9.18 Å². The highest BCUT2D eigenvalue weighted by atomic mass is 32.2. The van der Waals surface area contributed by atoms with Crippen LogP contribution in [0.1, 0.15) is 5.56 Å². The lowest BCUT2D eigenvalue weighted by molar-refractivity contribution is 0.627. The van der Waals surface area contributed by atoms with Gasteiger partial charge in [-0.3, -0.25) is 4.79 Å². The first kappa shape index (κ1) is 14.1. The number of benzene rings is 1. The van der Waals surface area contributed by atoms with E-state index < -0.39 is 0 Å². The molecule has 0 aliphatic rings. The largest absolute Gasteiger partial charge is 0.329 e. The van der Waals surface area contributed by atoms with Gasteiger partial charge in [0.1, 0.15) is 5.82 Å². The number of aromatic nitrogens is 2.